The molecule has 0 radical (unpaired) electrons. The van der Waals surface area contributed by atoms with Crippen LogP contribution < -0.4 is 4.90 Å². The number of nitrogens with zero attached hydrogens (tertiary/aromatic N) is 5. The van der Waals surface area contributed by atoms with Gasteiger partial charge in [-0.2, -0.15) is 0 Å². The first kappa shape index (κ1) is 37.9. The highest BCUT2D eigenvalue weighted by Gasteiger charge is 2.47. The van der Waals surface area contributed by atoms with Crippen LogP contribution in [0.15, 0.2) is 36.9 Å². The van der Waals surface area contributed by atoms with Gasteiger partial charge in [-0.25, -0.2) is 19.7 Å². The van der Waals surface area contributed by atoms with Crippen LogP contribution in [0.1, 0.15) is 80.5 Å². The predicted octanol–water partition coefficient (Wildman–Crippen LogP) is 9.07. The van der Waals surface area contributed by atoms with Crippen molar-refractivity contribution in [2.45, 2.75) is 136 Å². The van der Waals surface area contributed by atoms with Crippen LogP contribution in [0, 0.1) is 3.57 Å². The van der Waals surface area contributed by atoms with Crippen LogP contribution in [0.3, 0.4) is 0 Å². The van der Waals surface area contributed by atoms with Gasteiger partial charge in [0, 0.05) is 9.99 Å². The van der Waals surface area contributed by atoms with E-state index in [0.29, 0.717) is 30.0 Å². The van der Waals surface area contributed by atoms with Gasteiger partial charge in [0.05, 0.1) is 25.6 Å². The highest BCUT2D eigenvalue weighted by Crippen LogP contribution is 2.43. The number of ether oxygens (including phenoxy) is 2. The SMILES string of the molecule is CC(C)(C)OC(=O)N(Cc1ccc(I)cc1)c1ncnc2c1ncn2[C@H]1C[C@H](O[Si](C)(C)C(C)(C)C)[C@@H](CO[Si](C)(C)C(C)(C)C)O1. The van der Waals surface area contributed by atoms with E-state index < -0.39 is 28.3 Å². The van der Waals surface area contributed by atoms with Gasteiger partial charge in [0.25, 0.3) is 0 Å². The second-order valence-corrected chi connectivity index (χ2v) is 27.4. The zero-order valence-corrected chi connectivity index (χ0v) is 34.6. The molecule has 47 heavy (non-hydrogen) atoms. The molecule has 0 bridgehead atoms. The molecule has 2 aromatic heterocycles. The molecule has 13 heteroatoms. The Balaban J connectivity index is 1.70. The minimum atomic E-state index is -2.12. The number of anilines is 1. The number of carbonyl (C=O) groups is 1. The average Bonchev–Trinajstić information content (AvgIpc) is 3.53. The Morgan fingerprint density at radius 2 is 1.57 bits per heavy atom. The van der Waals surface area contributed by atoms with Gasteiger partial charge in [0.1, 0.15) is 24.3 Å². The van der Waals surface area contributed by atoms with Gasteiger partial charge in [-0.3, -0.25) is 9.47 Å². The van der Waals surface area contributed by atoms with Crippen LogP contribution in [0.5, 0.6) is 0 Å². The van der Waals surface area contributed by atoms with Crippen molar-refractivity contribution >= 4 is 62.3 Å². The Kier molecular flexibility index (Phi) is 11.1. The van der Waals surface area contributed by atoms with Crippen LogP contribution in [0.4, 0.5) is 10.6 Å². The van der Waals surface area contributed by atoms with Crippen LogP contribution in [-0.2, 0) is 24.9 Å². The predicted molar refractivity (Wildman–Crippen MR) is 201 cm³/mol. The zero-order chi connectivity index (χ0) is 35.2. The Labute approximate surface area is 296 Å². The number of benzene rings is 1. The molecule has 10 nitrogen and oxygen atoms in total. The fraction of sp³-hybridized carbons (Fsp3) is 0.647. The maximum atomic E-state index is 13.6. The lowest BCUT2D eigenvalue weighted by atomic mass is 10.2. The summed E-state index contributed by atoms with van der Waals surface area (Å²) in [4.78, 5) is 29.1. The summed E-state index contributed by atoms with van der Waals surface area (Å²) in [5.74, 6) is 0.381. The van der Waals surface area contributed by atoms with Crippen molar-refractivity contribution in [3.8, 4) is 0 Å². The van der Waals surface area contributed by atoms with Crippen LogP contribution in [-0.4, -0.2) is 66.7 Å². The minimum absolute atomic E-state index is 0.0436. The van der Waals surface area contributed by atoms with Crippen molar-refractivity contribution in [2.75, 3.05) is 11.5 Å². The number of hydrogen-bond acceptors (Lipinski definition) is 8. The highest BCUT2D eigenvalue weighted by atomic mass is 127. The molecule has 3 heterocycles. The van der Waals surface area contributed by atoms with E-state index in [-0.39, 0.29) is 35.1 Å². The molecule has 0 N–H and O–H groups in total. The largest absolute Gasteiger partial charge is 0.443 e. The number of hydrogen-bond donors (Lipinski definition) is 0. The van der Waals surface area contributed by atoms with E-state index in [2.05, 4.69) is 100 Å². The van der Waals surface area contributed by atoms with Crippen molar-refractivity contribution in [3.05, 3.63) is 46.1 Å². The summed E-state index contributed by atoms with van der Waals surface area (Å²) in [7, 11) is -4.15. The van der Waals surface area contributed by atoms with Gasteiger partial charge >= 0.3 is 6.09 Å². The molecule has 1 aliphatic heterocycles. The average molecular weight is 796 g/mol. The summed E-state index contributed by atoms with van der Waals surface area (Å²) in [6.07, 6.45) is 2.54. The van der Waals surface area contributed by atoms with Crippen molar-refractivity contribution in [1.29, 1.82) is 0 Å². The van der Waals surface area contributed by atoms with E-state index in [1.165, 1.54) is 11.2 Å². The lowest BCUT2D eigenvalue weighted by Gasteiger charge is -2.40. The van der Waals surface area contributed by atoms with Crippen LogP contribution in [0.25, 0.3) is 11.2 Å². The molecule has 0 saturated carbocycles. The summed E-state index contributed by atoms with van der Waals surface area (Å²) >= 11 is 2.27. The molecule has 1 aliphatic rings. The van der Waals surface area contributed by atoms with Crippen molar-refractivity contribution in [3.63, 3.8) is 0 Å². The fourth-order valence-corrected chi connectivity index (χ4v) is 7.50. The molecule has 1 aromatic carbocycles. The van der Waals surface area contributed by atoms with Gasteiger partial charge in [-0.1, -0.05) is 53.7 Å². The number of fused-ring (bicyclic) bond motifs is 1. The molecule has 3 atom stereocenters. The third kappa shape index (κ3) is 9.01. The normalized spacial score (nSPS) is 19.7. The van der Waals surface area contributed by atoms with Crippen molar-refractivity contribution in [2.24, 2.45) is 0 Å². The van der Waals surface area contributed by atoms with E-state index >= 15 is 0 Å². The Morgan fingerprint density at radius 1 is 0.957 bits per heavy atom. The summed E-state index contributed by atoms with van der Waals surface area (Å²) in [6.45, 7) is 28.8. The zero-order valence-electron chi connectivity index (χ0n) is 30.5. The molecule has 1 amide bonds. The second-order valence-electron chi connectivity index (χ2n) is 16.6. The van der Waals surface area contributed by atoms with Gasteiger partial charge < -0.3 is 18.3 Å². The Morgan fingerprint density at radius 3 is 2.15 bits per heavy atom. The number of imidazole rings is 1. The Hall–Kier alpha value is -1.92. The number of rotatable bonds is 9. The third-order valence-electron chi connectivity index (χ3n) is 9.62. The molecule has 0 spiro atoms. The van der Waals surface area contributed by atoms with Gasteiger partial charge in [-0.05, 0) is 97.3 Å². The first-order valence-electron chi connectivity index (χ1n) is 16.4. The van der Waals surface area contributed by atoms with Gasteiger partial charge in [0.2, 0.25) is 0 Å². The van der Waals surface area contributed by atoms with E-state index in [9.17, 15) is 4.79 Å². The van der Waals surface area contributed by atoms with E-state index in [1.807, 2.05) is 49.6 Å². The maximum Gasteiger partial charge on any atom is 0.416 e. The van der Waals surface area contributed by atoms with E-state index in [1.54, 1.807) is 6.33 Å². The first-order valence-corrected chi connectivity index (χ1v) is 23.3. The maximum absolute atomic E-state index is 13.6. The Bertz CT molecular complexity index is 1540. The molecule has 1 fully saturated rings. The minimum Gasteiger partial charge on any atom is -0.443 e. The molecule has 0 unspecified atom stereocenters. The monoisotopic (exact) mass is 795 g/mol. The molecule has 3 aromatic rings. The van der Waals surface area contributed by atoms with Crippen LogP contribution in [0.2, 0.25) is 36.3 Å². The quantitative estimate of drug-likeness (QED) is 0.156. The van der Waals surface area contributed by atoms with E-state index in [0.717, 1.165) is 9.13 Å². The summed E-state index contributed by atoms with van der Waals surface area (Å²) in [5, 5.41) is 0.120. The summed E-state index contributed by atoms with van der Waals surface area (Å²) in [5.41, 5.74) is 1.32. The van der Waals surface area contributed by atoms with Gasteiger partial charge in [-0.15, -0.1) is 0 Å². The number of amides is 1. The third-order valence-corrected chi connectivity index (χ3v) is 19.3. The van der Waals surface area contributed by atoms with Crippen molar-refractivity contribution in [1.82, 2.24) is 19.5 Å². The lowest BCUT2D eigenvalue weighted by molar-refractivity contribution is -0.0383. The van der Waals surface area contributed by atoms with Crippen LogP contribution >= 0.6 is 22.6 Å². The molecule has 0 aliphatic carbocycles. The lowest BCUT2D eigenvalue weighted by Crippen LogP contribution is -2.48. The standard InChI is InChI=1S/C34H54IN5O5Si2/c1-32(2,3)44-31(41)39(19-23-14-16-24(35)17-15-23)29-28-30(37-21-36-29)40(22-38-28)27-18-25(45-47(12,13)34(7,8)9)26(43-27)20-42-46(10,11)33(4,5)6/h14-17,21-22,25-27H,18-20H2,1-13H3/t25-,26+,27+/m0/s1. The summed E-state index contributed by atoms with van der Waals surface area (Å²) < 4.78 is 29.3. The number of carbonyl (C=O) groups excluding carboxylic acids is 1. The molecule has 4 rings (SSSR count). The topological polar surface area (TPSA) is 101 Å². The smallest absolute Gasteiger partial charge is 0.416 e. The highest BCUT2D eigenvalue weighted by molar-refractivity contribution is 14.1. The fourth-order valence-electron chi connectivity index (χ4n) is 4.77. The van der Waals surface area contributed by atoms with Crippen molar-refractivity contribution < 1.29 is 23.1 Å². The number of halogens is 1. The van der Waals surface area contributed by atoms with Gasteiger partial charge in [0.15, 0.2) is 33.6 Å². The summed E-state index contributed by atoms with van der Waals surface area (Å²) in [6, 6.07) is 8.02. The molecule has 260 valence electrons. The molecule has 1 saturated heterocycles. The van der Waals surface area contributed by atoms with E-state index in [4.69, 9.17) is 23.3 Å². The first-order chi connectivity index (χ1) is 21.5. The number of aromatic nitrogens is 4. The molecular weight excluding hydrogens is 741 g/mol. The molecular formula is C34H54IN5O5Si2. The second kappa shape index (κ2) is 13.8.